The van der Waals surface area contributed by atoms with Gasteiger partial charge in [-0.05, 0) is 24.6 Å². The summed E-state index contributed by atoms with van der Waals surface area (Å²) in [6.45, 7) is 3.25. The fraction of sp³-hybridized carbons (Fsp3) is 0.412. The molecule has 25 heavy (non-hydrogen) atoms. The molecule has 2 aromatic rings. The Labute approximate surface area is 152 Å². The van der Waals surface area contributed by atoms with Crippen LogP contribution in [-0.2, 0) is 13.1 Å². The van der Waals surface area contributed by atoms with E-state index in [0.29, 0.717) is 36.3 Å². The van der Waals surface area contributed by atoms with Gasteiger partial charge in [0, 0.05) is 18.5 Å². The van der Waals surface area contributed by atoms with Gasteiger partial charge in [0.2, 0.25) is 5.75 Å². The number of benzene rings is 1. The Kier molecular flexibility index (Phi) is 6.88. The molecule has 1 aromatic carbocycles. The topological polar surface area (TPSA) is 77.0 Å². The van der Waals surface area contributed by atoms with Gasteiger partial charge < -0.3 is 24.8 Å². The number of hydrogen-bond acceptors (Lipinski definition) is 6. The molecule has 0 saturated carbocycles. The average molecular weight is 364 g/mol. The van der Waals surface area contributed by atoms with Gasteiger partial charge in [-0.3, -0.25) is 4.99 Å². The third kappa shape index (κ3) is 4.76. The minimum absolute atomic E-state index is 0.568. The summed E-state index contributed by atoms with van der Waals surface area (Å²) in [6.07, 6.45) is 0. The minimum Gasteiger partial charge on any atom is -0.493 e. The second-order valence-electron chi connectivity index (χ2n) is 5.17. The molecule has 0 aliphatic heterocycles. The summed E-state index contributed by atoms with van der Waals surface area (Å²) in [4.78, 5) is 9.68. The minimum atomic E-state index is 0.568. The molecule has 0 aliphatic rings. The van der Waals surface area contributed by atoms with Crippen LogP contribution in [0.4, 0.5) is 0 Å². The molecule has 0 unspecified atom stereocenters. The zero-order chi connectivity index (χ0) is 18.2. The molecule has 0 spiro atoms. The highest BCUT2D eigenvalue weighted by Gasteiger charge is 2.13. The SMILES string of the molecule is CN=C(NCc1cc(OC)c(OC)c(OC)c1)NCc1scnc1C. The van der Waals surface area contributed by atoms with Gasteiger partial charge in [-0.1, -0.05) is 0 Å². The summed E-state index contributed by atoms with van der Waals surface area (Å²) in [5.74, 6) is 2.54. The third-order valence-corrected chi connectivity index (χ3v) is 4.60. The van der Waals surface area contributed by atoms with Crippen molar-refractivity contribution in [3.8, 4) is 17.2 Å². The van der Waals surface area contributed by atoms with Crippen molar-refractivity contribution in [3.63, 3.8) is 0 Å². The first-order valence-corrected chi connectivity index (χ1v) is 8.63. The van der Waals surface area contributed by atoms with Crippen LogP contribution in [-0.4, -0.2) is 39.3 Å². The van der Waals surface area contributed by atoms with Gasteiger partial charge >= 0.3 is 0 Å². The Morgan fingerprint density at radius 1 is 1.08 bits per heavy atom. The van der Waals surface area contributed by atoms with Gasteiger partial charge in [-0.2, -0.15) is 0 Å². The number of nitrogens with one attached hydrogen (secondary N) is 2. The molecule has 8 heteroatoms. The lowest BCUT2D eigenvalue weighted by Gasteiger charge is -2.15. The number of thiazole rings is 1. The van der Waals surface area contributed by atoms with Crippen molar-refractivity contribution >= 4 is 17.3 Å². The maximum Gasteiger partial charge on any atom is 0.203 e. The number of aromatic nitrogens is 1. The molecule has 0 saturated heterocycles. The molecule has 0 bridgehead atoms. The van der Waals surface area contributed by atoms with Crippen LogP contribution in [0.25, 0.3) is 0 Å². The van der Waals surface area contributed by atoms with Crippen LogP contribution >= 0.6 is 11.3 Å². The second kappa shape index (κ2) is 9.12. The summed E-state index contributed by atoms with van der Waals surface area (Å²) >= 11 is 1.63. The highest BCUT2D eigenvalue weighted by molar-refractivity contribution is 7.09. The summed E-state index contributed by atoms with van der Waals surface area (Å²) in [6, 6.07) is 3.82. The first kappa shape index (κ1) is 18.9. The van der Waals surface area contributed by atoms with E-state index in [2.05, 4.69) is 20.6 Å². The Morgan fingerprint density at radius 3 is 2.20 bits per heavy atom. The molecular formula is C17H24N4O3S. The third-order valence-electron chi connectivity index (χ3n) is 3.67. The molecule has 0 amide bonds. The largest absolute Gasteiger partial charge is 0.493 e. The van der Waals surface area contributed by atoms with E-state index in [-0.39, 0.29) is 0 Å². The van der Waals surface area contributed by atoms with Crippen molar-refractivity contribution in [1.82, 2.24) is 15.6 Å². The lowest BCUT2D eigenvalue weighted by Crippen LogP contribution is -2.36. The second-order valence-corrected chi connectivity index (χ2v) is 6.11. The zero-order valence-electron chi connectivity index (χ0n) is 15.2. The number of guanidine groups is 1. The zero-order valence-corrected chi connectivity index (χ0v) is 16.0. The lowest BCUT2D eigenvalue weighted by atomic mass is 10.2. The van der Waals surface area contributed by atoms with Gasteiger partial charge in [0.1, 0.15) is 0 Å². The van der Waals surface area contributed by atoms with E-state index in [1.54, 1.807) is 39.7 Å². The number of aliphatic imine (C=N–C) groups is 1. The normalized spacial score (nSPS) is 11.2. The van der Waals surface area contributed by atoms with Crippen molar-refractivity contribution in [2.24, 2.45) is 4.99 Å². The Morgan fingerprint density at radius 2 is 1.72 bits per heavy atom. The molecular weight excluding hydrogens is 340 g/mol. The van der Waals surface area contributed by atoms with E-state index < -0.39 is 0 Å². The van der Waals surface area contributed by atoms with Crippen molar-refractivity contribution in [2.75, 3.05) is 28.4 Å². The van der Waals surface area contributed by atoms with E-state index in [4.69, 9.17) is 14.2 Å². The van der Waals surface area contributed by atoms with Crippen LogP contribution in [0.3, 0.4) is 0 Å². The summed E-state index contributed by atoms with van der Waals surface area (Å²) in [7, 11) is 6.54. The highest BCUT2D eigenvalue weighted by Crippen LogP contribution is 2.38. The number of aryl methyl sites for hydroxylation is 1. The number of nitrogens with zero attached hydrogens (tertiary/aromatic N) is 2. The lowest BCUT2D eigenvalue weighted by molar-refractivity contribution is 0.323. The molecule has 7 nitrogen and oxygen atoms in total. The average Bonchev–Trinajstić information content (AvgIpc) is 3.05. The molecule has 0 fully saturated rings. The maximum absolute atomic E-state index is 5.38. The predicted octanol–water partition coefficient (Wildman–Crippen LogP) is 2.34. The molecule has 0 radical (unpaired) electrons. The smallest absolute Gasteiger partial charge is 0.203 e. The predicted molar refractivity (Wildman–Crippen MR) is 100.0 cm³/mol. The van der Waals surface area contributed by atoms with E-state index >= 15 is 0 Å². The fourth-order valence-corrected chi connectivity index (χ4v) is 3.02. The van der Waals surface area contributed by atoms with Crippen LogP contribution < -0.4 is 24.8 Å². The number of methoxy groups -OCH3 is 3. The van der Waals surface area contributed by atoms with Gasteiger partial charge in [0.15, 0.2) is 17.5 Å². The van der Waals surface area contributed by atoms with Crippen molar-refractivity contribution in [3.05, 3.63) is 33.8 Å². The van der Waals surface area contributed by atoms with E-state index in [1.807, 2.05) is 24.6 Å². The first-order chi connectivity index (χ1) is 12.1. The Balaban J connectivity index is 2.02. The fourth-order valence-electron chi connectivity index (χ4n) is 2.30. The van der Waals surface area contributed by atoms with Crippen LogP contribution in [0.1, 0.15) is 16.1 Å². The number of ether oxygens (including phenoxy) is 3. The molecule has 0 atom stereocenters. The number of hydrogen-bond donors (Lipinski definition) is 2. The van der Waals surface area contributed by atoms with Crippen molar-refractivity contribution in [2.45, 2.75) is 20.0 Å². The summed E-state index contributed by atoms with van der Waals surface area (Å²) in [5, 5.41) is 6.56. The molecule has 1 heterocycles. The van der Waals surface area contributed by atoms with E-state index in [0.717, 1.165) is 11.3 Å². The standard InChI is InChI=1S/C17H24N4O3S/c1-11-15(25-10-21-11)9-20-17(18-2)19-8-12-6-13(22-3)16(24-5)14(7-12)23-4/h6-7,10H,8-9H2,1-5H3,(H2,18,19,20). The van der Waals surface area contributed by atoms with Crippen LogP contribution in [0.5, 0.6) is 17.2 Å². The molecule has 1 aromatic heterocycles. The summed E-state index contributed by atoms with van der Waals surface area (Å²) in [5.41, 5.74) is 3.88. The highest BCUT2D eigenvalue weighted by atomic mass is 32.1. The maximum atomic E-state index is 5.38. The molecule has 2 rings (SSSR count). The van der Waals surface area contributed by atoms with Crippen LogP contribution in [0, 0.1) is 6.92 Å². The molecule has 0 aliphatic carbocycles. The van der Waals surface area contributed by atoms with Gasteiger partial charge in [0.05, 0.1) is 39.1 Å². The number of rotatable bonds is 7. The van der Waals surface area contributed by atoms with Crippen LogP contribution in [0.15, 0.2) is 22.6 Å². The quantitative estimate of drug-likeness (QED) is 0.580. The van der Waals surface area contributed by atoms with Gasteiger partial charge in [-0.25, -0.2) is 4.98 Å². The van der Waals surface area contributed by atoms with E-state index in [1.165, 1.54) is 4.88 Å². The first-order valence-electron chi connectivity index (χ1n) is 7.75. The molecule has 136 valence electrons. The van der Waals surface area contributed by atoms with Crippen LogP contribution in [0.2, 0.25) is 0 Å². The van der Waals surface area contributed by atoms with Gasteiger partial charge in [-0.15, -0.1) is 11.3 Å². The van der Waals surface area contributed by atoms with Gasteiger partial charge in [0.25, 0.3) is 0 Å². The van der Waals surface area contributed by atoms with Crippen molar-refractivity contribution < 1.29 is 14.2 Å². The molecule has 2 N–H and O–H groups in total. The van der Waals surface area contributed by atoms with E-state index in [9.17, 15) is 0 Å². The Bertz CT molecular complexity index is 705. The monoisotopic (exact) mass is 364 g/mol. The Hall–Kier alpha value is -2.48. The van der Waals surface area contributed by atoms with Crippen molar-refractivity contribution in [1.29, 1.82) is 0 Å². The summed E-state index contributed by atoms with van der Waals surface area (Å²) < 4.78 is 16.1.